The Kier molecular flexibility index (Phi) is 3.96. The molecule has 0 aromatic heterocycles. The molecule has 0 N–H and O–H groups in total. The molecule has 0 aliphatic heterocycles. The molecule has 0 unspecified atom stereocenters. The lowest BCUT2D eigenvalue weighted by Crippen LogP contribution is -1.97. The summed E-state index contributed by atoms with van der Waals surface area (Å²) in [5.41, 5.74) is 1.21. The Morgan fingerprint density at radius 2 is 2.36 bits per heavy atom. The van der Waals surface area contributed by atoms with Crippen LogP contribution in [0.4, 0.5) is 4.39 Å². The smallest absolute Gasteiger partial charge is 0.144 e. The zero-order valence-corrected chi connectivity index (χ0v) is 7.96. The molecule has 0 fully saturated rings. The molecular formula is C10H7ClFNO. The molecule has 72 valence electrons. The van der Waals surface area contributed by atoms with Crippen LogP contribution >= 0.6 is 11.6 Å². The summed E-state index contributed by atoms with van der Waals surface area (Å²) >= 11 is 5.27. The maximum absolute atomic E-state index is 13.0. The highest BCUT2D eigenvalue weighted by molar-refractivity contribution is 6.25. The van der Waals surface area contributed by atoms with E-state index >= 15 is 0 Å². The van der Waals surface area contributed by atoms with Crippen molar-refractivity contribution < 1.29 is 9.13 Å². The summed E-state index contributed by atoms with van der Waals surface area (Å²) in [6.07, 6.45) is 1.55. The minimum absolute atomic E-state index is 0.0875. The lowest BCUT2D eigenvalue weighted by Gasteiger charge is -2.04. The van der Waals surface area contributed by atoms with Gasteiger partial charge in [0.15, 0.2) is 0 Å². The van der Waals surface area contributed by atoms with Crippen molar-refractivity contribution in [3.8, 4) is 11.8 Å². The van der Waals surface area contributed by atoms with Crippen molar-refractivity contribution in [3.63, 3.8) is 0 Å². The number of benzene rings is 1. The van der Waals surface area contributed by atoms with Crippen LogP contribution in [0.3, 0.4) is 0 Å². The zero-order chi connectivity index (χ0) is 10.4. The molecule has 0 radical (unpaired) electrons. The van der Waals surface area contributed by atoms with Crippen LogP contribution < -0.4 is 4.74 Å². The first-order valence-corrected chi connectivity index (χ1v) is 4.30. The second kappa shape index (κ2) is 5.25. The molecule has 0 aliphatic carbocycles. The predicted octanol–water partition coefficient (Wildman–Crippen LogP) is 2.83. The number of halogens is 2. The maximum atomic E-state index is 13.0. The molecule has 1 aromatic rings. The Morgan fingerprint density at radius 3 is 3.00 bits per heavy atom. The number of nitrogens with zero attached hydrogens (tertiary/aromatic N) is 1. The van der Waals surface area contributed by atoms with Gasteiger partial charge in [-0.05, 0) is 18.2 Å². The third-order valence-electron chi connectivity index (χ3n) is 1.51. The van der Waals surface area contributed by atoms with E-state index in [2.05, 4.69) is 0 Å². The van der Waals surface area contributed by atoms with Gasteiger partial charge in [-0.15, -0.1) is 0 Å². The van der Waals surface area contributed by atoms with Crippen molar-refractivity contribution in [1.29, 1.82) is 5.26 Å². The van der Waals surface area contributed by atoms with Crippen LogP contribution in [0.15, 0.2) is 29.8 Å². The van der Waals surface area contributed by atoms with Gasteiger partial charge in [0.1, 0.15) is 29.8 Å². The molecule has 14 heavy (non-hydrogen) atoms. The third-order valence-corrected chi connectivity index (χ3v) is 1.69. The SMILES string of the molecule is N#Cc1c(F)cccc1OCC=CCl. The van der Waals surface area contributed by atoms with Gasteiger partial charge in [0, 0.05) is 5.54 Å². The summed E-state index contributed by atoms with van der Waals surface area (Å²) in [7, 11) is 0. The highest BCUT2D eigenvalue weighted by Crippen LogP contribution is 2.20. The fourth-order valence-electron chi connectivity index (χ4n) is 0.907. The minimum Gasteiger partial charge on any atom is -0.488 e. The third kappa shape index (κ3) is 2.48. The molecule has 0 spiro atoms. The van der Waals surface area contributed by atoms with Crippen molar-refractivity contribution in [2.75, 3.05) is 6.61 Å². The summed E-state index contributed by atoms with van der Waals surface area (Å²) in [5, 5.41) is 8.64. The van der Waals surface area contributed by atoms with Crippen LogP contribution in [-0.2, 0) is 0 Å². The molecule has 0 aliphatic rings. The van der Waals surface area contributed by atoms with Gasteiger partial charge in [-0.2, -0.15) is 5.26 Å². The first-order valence-electron chi connectivity index (χ1n) is 3.86. The normalized spacial score (nSPS) is 10.1. The molecule has 0 amide bonds. The molecular weight excluding hydrogens is 205 g/mol. The van der Waals surface area contributed by atoms with Gasteiger partial charge >= 0.3 is 0 Å². The van der Waals surface area contributed by atoms with E-state index in [1.807, 2.05) is 0 Å². The van der Waals surface area contributed by atoms with Gasteiger partial charge in [-0.1, -0.05) is 17.7 Å². The Labute approximate surface area is 86.2 Å². The Bertz CT molecular complexity index is 384. The quantitative estimate of drug-likeness (QED) is 0.770. The van der Waals surface area contributed by atoms with Crippen molar-refractivity contribution >= 4 is 11.6 Å². The van der Waals surface area contributed by atoms with Crippen molar-refractivity contribution in [3.05, 3.63) is 41.2 Å². The van der Waals surface area contributed by atoms with Gasteiger partial charge in [0.2, 0.25) is 0 Å². The summed E-state index contributed by atoms with van der Waals surface area (Å²) in [5.74, 6) is -0.359. The van der Waals surface area contributed by atoms with Crippen LogP contribution in [0, 0.1) is 17.1 Å². The maximum Gasteiger partial charge on any atom is 0.144 e. The van der Waals surface area contributed by atoms with Gasteiger partial charge in [-0.25, -0.2) is 4.39 Å². The average Bonchev–Trinajstić information content (AvgIpc) is 2.18. The van der Waals surface area contributed by atoms with Gasteiger partial charge in [-0.3, -0.25) is 0 Å². The molecule has 1 aromatic carbocycles. The number of hydrogen-bond acceptors (Lipinski definition) is 2. The Hall–Kier alpha value is -1.53. The number of ether oxygens (including phenoxy) is 1. The van der Waals surface area contributed by atoms with E-state index in [1.165, 1.54) is 23.7 Å². The van der Waals surface area contributed by atoms with E-state index in [0.29, 0.717) is 0 Å². The molecule has 0 heterocycles. The van der Waals surface area contributed by atoms with Crippen molar-refractivity contribution in [2.45, 2.75) is 0 Å². The predicted molar refractivity (Wildman–Crippen MR) is 51.6 cm³/mol. The molecule has 4 heteroatoms. The number of hydrogen-bond donors (Lipinski definition) is 0. The largest absolute Gasteiger partial charge is 0.488 e. The second-order valence-corrected chi connectivity index (χ2v) is 2.65. The standard InChI is InChI=1S/C10H7ClFNO/c11-5-2-6-14-10-4-1-3-9(12)8(10)7-13/h1-5H,6H2. The Morgan fingerprint density at radius 1 is 1.57 bits per heavy atom. The van der Waals surface area contributed by atoms with E-state index in [-0.39, 0.29) is 17.9 Å². The summed E-state index contributed by atoms with van der Waals surface area (Å²) in [6.45, 7) is 0.210. The molecule has 1 rings (SSSR count). The topological polar surface area (TPSA) is 33.0 Å². The molecule has 2 nitrogen and oxygen atoms in total. The van der Waals surface area contributed by atoms with Crippen LogP contribution in [-0.4, -0.2) is 6.61 Å². The molecule has 0 atom stereocenters. The van der Waals surface area contributed by atoms with Gasteiger partial charge in [0.25, 0.3) is 0 Å². The number of nitriles is 1. The highest BCUT2D eigenvalue weighted by atomic mass is 35.5. The van der Waals surface area contributed by atoms with Crippen LogP contribution in [0.25, 0.3) is 0 Å². The summed E-state index contributed by atoms with van der Waals surface area (Å²) in [6, 6.07) is 5.96. The molecule has 0 saturated carbocycles. The Balaban J connectivity index is 2.86. The first-order chi connectivity index (χ1) is 6.79. The van der Waals surface area contributed by atoms with E-state index in [4.69, 9.17) is 21.6 Å². The fourth-order valence-corrected chi connectivity index (χ4v) is 0.980. The van der Waals surface area contributed by atoms with Gasteiger partial charge in [0.05, 0.1) is 0 Å². The summed E-state index contributed by atoms with van der Waals surface area (Å²) < 4.78 is 18.1. The first kappa shape index (κ1) is 10.6. The highest BCUT2D eigenvalue weighted by Gasteiger charge is 2.07. The van der Waals surface area contributed by atoms with E-state index in [0.717, 1.165) is 0 Å². The minimum atomic E-state index is -0.583. The summed E-state index contributed by atoms with van der Waals surface area (Å²) in [4.78, 5) is 0. The van der Waals surface area contributed by atoms with E-state index in [9.17, 15) is 4.39 Å². The molecule has 0 saturated heterocycles. The average molecular weight is 212 g/mol. The van der Waals surface area contributed by atoms with Crippen LogP contribution in [0.2, 0.25) is 0 Å². The monoisotopic (exact) mass is 211 g/mol. The van der Waals surface area contributed by atoms with Crippen molar-refractivity contribution in [1.82, 2.24) is 0 Å². The van der Waals surface area contributed by atoms with Crippen LogP contribution in [0.5, 0.6) is 5.75 Å². The lowest BCUT2D eigenvalue weighted by molar-refractivity contribution is 0.359. The number of rotatable bonds is 3. The van der Waals surface area contributed by atoms with Crippen LogP contribution in [0.1, 0.15) is 5.56 Å². The van der Waals surface area contributed by atoms with Gasteiger partial charge < -0.3 is 4.74 Å². The van der Waals surface area contributed by atoms with E-state index in [1.54, 1.807) is 12.1 Å². The second-order valence-electron chi connectivity index (χ2n) is 2.40. The lowest BCUT2D eigenvalue weighted by atomic mass is 10.2. The fraction of sp³-hybridized carbons (Fsp3) is 0.100. The van der Waals surface area contributed by atoms with E-state index < -0.39 is 5.82 Å². The van der Waals surface area contributed by atoms with Crippen molar-refractivity contribution in [2.24, 2.45) is 0 Å². The molecule has 0 bridgehead atoms. The zero-order valence-electron chi connectivity index (χ0n) is 7.21.